The van der Waals surface area contributed by atoms with Crippen LogP contribution in [0.5, 0.6) is 0 Å². The van der Waals surface area contributed by atoms with Gasteiger partial charge in [-0.25, -0.2) is 9.18 Å². The van der Waals surface area contributed by atoms with Crippen molar-refractivity contribution in [3.8, 4) is 0 Å². The SMILES string of the molecule is O=c1[nH]c(C2=C[C@H](N3CCN(c4ccc(F)cc4)CC3)CC2)cc2cccn12. The Hall–Kier alpha value is -2.86. The number of hydrogen-bond donors (Lipinski definition) is 1. The van der Waals surface area contributed by atoms with Crippen molar-refractivity contribution in [3.63, 3.8) is 0 Å². The Balaban J connectivity index is 1.28. The van der Waals surface area contributed by atoms with Crippen LogP contribution in [-0.2, 0) is 0 Å². The Morgan fingerprint density at radius 2 is 1.82 bits per heavy atom. The number of aromatic amines is 1. The molecule has 3 aromatic rings. The number of benzene rings is 1. The summed E-state index contributed by atoms with van der Waals surface area (Å²) in [5.74, 6) is -0.192. The summed E-state index contributed by atoms with van der Waals surface area (Å²) in [4.78, 5) is 20.1. The molecule has 2 aromatic heterocycles. The van der Waals surface area contributed by atoms with E-state index in [1.54, 1.807) is 10.6 Å². The van der Waals surface area contributed by atoms with E-state index >= 15 is 0 Å². The molecule has 5 rings (SSSR count). The van der Waals surface area contributed by atoms with E-state index in [0.717, 1.165) is 55.9 Å². The van der Waals surface area contributed by atoms with Crippen molar-refractivity contribution >= 4 is 16.8 Å². The van der Waals surface area contributed by atoms with Crippen molar-refractivity contribution in [3.05, 3.63) is 76.7 Å². The van der Waals surface area contributed by atoms with E-state index in [2.05, 4.69) is 26.9 Å². The second kappa shape index (κ2) is 6.95. The highest BCUT2D eigenvalue weighted by molar-refractivity contribution is 5.68. The summed E-state index contributed by atoms with van der Waals surface area (Å²) in [6, 6.07) is 13.1. The van der Waals surface area contributed by atoms with Crippen molar-refractivity contribution < 1.29 is 4.39 Å². The summed E-state index contributed by atoms with van der Waals surface area (Å²) in [6.45, 7) is 3.86. The second-order valence-electron chi connectivity index (χ2n) is 7.59. The van der Waals surface area contributed by atoms with Gasteiger partial charge in [0, 0.05) is 49.8 Å². The van der Waals surface area contributed by atoms with Crippen molar-refractivity contribution in [2.45, 2.75) is 18.9 Å². The van der Waals surface area contributed by atoms with Gasteiger partial charge in [0.1, 0.15) is 5.82 Å². The van der Waals surface area contributed by atoms with Gasteiger partial charge < -0.3 is 9.88 Å². The molecule has 1 aromatic carbocycles. The predicted octanol–water partition coefficient (Wildman–Crippen LogP) is 3.13. The van der Waals surface area contributed by atoms with Gasteiger partial charge in [-0.05, 0) is 60.9 Å². The maximum atomic E-state index is 13.1. The van der Waals surface area contributed by atoms with Gasteiger partial charge in [0.05, 0.1) is 5.52 Å². The zero-order valence-electron chi connectivity index (χ0n) is 15.6. The average molecular weight is 378 g/mol. The predicted molar refractivity (Wildman–Crippen MR) is 109 cm³/mol. The van der Waals surface area contributed by atoms with Gasteiger partial charge in [-0.1, -0.05) is 6.08 Å². The quantitative estimate of drug-likeness (QED) is 0.762. The third kappa shape index (κ3) is 3.14. The molecule has 5 nitrogen and oxygen atoms in total. The van der Waals surface area contributed by atoms with Gasteiger partial charge in [0.2, 0.25) is 0 Å². The third-order valence-electron chi connectivity index (χ3n) is 5.96. The first-order valence-corrected chi connectivity index (χ1v) is 9.83. The smallest absolute Gasteiger partial charge is 0.330 e. The number of H-pyrrole nitrogens is 1. The number of hydrogen-bond acceptors (Lipinski definition) is 3. The van der Waals surface area contributed by atoms with E-state index < -0.39 is 0 Å². The highest BCUT2D eigenvalue weighted by atomic mass is 19.1. The molecule has 1 saturated heterocycles. The van der Waals surface area contributed by atoms with Crippen LogP contribution in [0, 0.1) is 5.82 Å². The minimum absolute atomic E-state index is 0.0882. The lowest BCUT2D eigenvalue weighted by molar-refractivity contribution is 0.214. The zero-order valence-corrected chi connectivity index (χ0v) is 15.6. The van der Waals surface area contributed by atoms with Gasteiger partial charge >= 0.3 is 5.69 Å². The lowest BCUT2D eigenvalue weighted by Crippen LogP contribution is -2.49. The van der Waals surface area contributed by atoms with E-state index in [1.807, 2.05) is 24.3 Å². The number of rotatable bonds is 3. The van der Waals surface area contributed by atoms with E-state index in [9.17, 15) is 9.18 Å². The van der Waals surface area contributed by atoms with Crippen LogP contribution in [0.2, 0.25) is 0 Å². The van der Waals surface area contributed by atoms with Crippen LogP contribution < -0.4 is 10.6 Å². The first-order valence-electron chi connectivity index (χ1n) is 9.83. The minimum atomic E-state index is -0.192. The molecule has 0 unspecified atom stereocenters. The molecule has 1 aliphatic carbocycles. The molecule has 0 amide bonds. The van der Waals surface area contributed by atoms with Gasteiger partial charge in [0.25, 0.3) is 0 Å². The molecule has 144 valence electrons. The Morgan fingerprint density at radius 1 is 1.04 bits per heavy atom. The highest BCUT2D eigenvalue weighted by Crippen LogP contribution is 2.30. The second-order valence-corrected chi connectivity index (χ2v) is 7.59. The highest BCUT2D eigenvalue weighted by Gasteiger charge is 2.27. The molecule has 1 atom stereocenters. The largest absolute Gasteiger partial charge is 0.369 e. The minimum Gasteiger partial charge on any atom is -0.369 e. The fourth-order valence-electron chi connectivity index (χ4n) is 4.41. The van der Waals surface area contributed by atoms with Gasteiger partial charge in [-0.15, -0.1) is 0 Å². The molecule has 0 radical (unpaired) electrons. The molecular formula is C22H23FN4O. The number of halogens is 1. The van der Waals surface area contributed by atoms with Crippen LogP contribution in [0.3, 0.4) is 0 Å². The summed E-state index contributed by atoms with van der Waals surface area (Å²) >= 11 is 0. The zero-order chi connectivity index (χ0) is 19.1. The summed E-state index contributed by atoms with van der Waals surface area (Å²) in [5, 5.41) is 0. The lowest BCUT2D eigenvalue weighted by Gasteiger charge is -2.38. The molecule has 6 heteroatoms. The van der Waals surface area contributed by atoms with Crippen LogP contribution in [0.15, 0.2) is 59.5 Å². The molecule has 1 fully saturated rings. The van der Waals surface area contributed by atoms with Gasteiger partial charge in [-0.2, -0.15) is 0 Å². The number of nitrogens with one attached hydrogen (secondary N) is 1. The van der Waals surface area contributed by atoms with Crippen molar-refractivity contribution in [1.82, 2.24) is 14.3 Å². The Bertz CT molecular complexity index is 1070. The summed E-state index contributed by atoms with van der Waals surface area (Å²) < 4.78 is 14.8. The Labute approximate surface area is 162 Å². The van der Waals surface area contributed by atoms with E-state index in [0.29, 0.717) is 6.04 Å². The van der Waals surface area contributed by atoms with Crippen molar-refractivity contribution in [1.29, 1.82) is 0 Å². The third-order valence-corrected chi connectivity index (χ3v) is 5.96. The molecule has 0 spiro atoms. The van der Waals surface area contributed by atoms with Crippen LogP contribution in [0.1, 0.15) is 18.5 Å². The topological polar surface area (TPSA) is 43.8 Å². The molecular weight excluding hydrogens is 355 g/mol. The van der Waals surface area contributed by atoms with Crippen molar-refractivity contribution in [2.75, 3.05) is 31.1 Å². The number of aromatic nitrogens is 2. The Morgan fingerprint density at radius 3 is 2.61 bits per heavy atom. The maximum Gasteiger partial charge on any atom is 0.330 e. The molecule has 3 heterocycles. The van der Waals surface area contributed by atoms with Crippen LogP contribution in [-0.4, -0.2) is 46.5 Å². The molecule has 0 bridgehead atoms. The first-order chi connectivity index (χ1) is 13.7. The standard InChI is InChI=1S/C22H23FN4O/c23-17-4-7-18(8-5-17)25-10-12-26(13-11-25)19-6-3-16(14-19)21-15-20-2-1-9-27(20)22(28)24-21/h1-2,4-5,7-9,14-15,19H,3,6,10-13H2,(H,24,28)/t19-/m1/s1. The number of allylic oxidation sites excluding steroid dienone is 1. The van der Waals surface area contributed by atoms with Crippen LogP contribution in [0.4, 0.5) is 10.1 Å². The molecule has 28 heavy (non-hydrogen) atoms. The average Bonchev–Trinajstić information content (AvgIpc) is 3.39. The molecule has 0 saturated carbocycles. The molecule has 1 aliphatic heterocycles. The van der Waals surface area contributed by atoms with Crippen LogP contribution in [0.25, 0.3) is 11.1 Å². The molecule has 2 aliphatic rings. The fourth-order valence-corrected chi connectivity index (χ4v) is 4.41. The first kappa shape index (κ1) is 17.3. The van der Waals surface area contributed by atoms with Gasteiger partial charge in [-0.3, -0.25) is 9.30 Å². The van der Waals surface area contributed by atoms with Crippen molar-refractivity contribution in [2.24, 2.45) is 0 Å². The molecule has 1 N–H and O–H groups in total. The summed E-state index contributed by atoms with van der Waals surface area (Å²) in [6.07, 6.45) is 6.17. The van der Waals surface area contributed by atoms with Gasteiger partial charge in [0.15, 0.2) is 0 Å². The maximum absolute atomic E-state index is 13.1. The fraction of sp³-hybridized carbons (Fsp3) is 0.318. The van der Waals surface area contributed by atoms with Crippen LogP contribution >= 0.6 is 0 Å². The monoisotopic (exact) mass is 378 g/mol. The lowest BCUT2D eigenvalue weighted by atomic mass is 10.1. The van der Waals surface area contributed by atoms with E-state index in [4.69, 9.17) is 0 Å². The normalized spacial score (nSPS) is 20.7. The number of fused-ring (bicyclic) bond motifs is 1. The summed E-state index contributed by atoms with van der Waals surface area (Å²) in [7, 11) is 0. The Kier molecular flexibility index (Phi) is 4.28. The number of piperazine rings is 1. The number of nitrogens with zero attached hydrogens (tertiary/aromatic N) is 3. The van der Waals surface area contributed by atoms with E-state index in [1.165, 1.54) is 17.7 Å². The number of anilines is 1. The summed E-state index contributed by atoms with van der Waals surface area (Å²) in [5.41, 5.74) is 4.09. The van der Waals surface area contributed by atoms with E-state index in [-0.39, 0.29) is 11.5 Å².